The Labute approximate surface area is 153 Å². The number of nitrogens with two attached hydrogens (primary N) is 1. The standard InChI is InChI=1S/C17H20F3N3O4/c1-9(17(18,19)20)27-13-4-12(22-6-11(13)10-2-3-10)15(25)23-16(5-14(21)24)7-26-8-16/h4,6,9-10H,2-3,5,7-8H2,1H3,(H2,21,24)(H,23,25)/t9-/m1/s1. The number of halogens is 3. The number of nitrogens with one attached hydrogen (secondary N) is 1. The molecule has 148 valence electrons. The molecule has 1 atom stereocenters. The molecule has 3 rings (SSSR count). The van der Waals surface area contributed by atoms with Crippen LogP contribution in [0.5, 0.6) is 5.75 Å². The minimum absolute atomic E-state index is 0.00344. The second kappa shape index (κ2) is 6.99. The van der Waals surface area contributed by atoms with Gasteiger partial charge in [0, 0.05) is 17.8 Å². The lowest BCUT2D eigenvalue weighted by molar-refractivity contribution is -0.189. The van der Waals surface area contributed by atoms with Crippen molar-refractivity contribution in [3.05, 3.63) is 23.5 Å². The van der Waals surface area contributed by atoms with Crippen molar-refractivity contribution in [3.63, 3.8) is 0 Å². The van der Waals surface area contributed by atoms with Crippen LogP contribution in [0.25, 0.3) is 0 Å². The molecule has 1 saturated carbocycles. The van der Waals surface area contributed by atoms with Crippen LogP contribution in [0.15, 0.2) is 12.3 Å². The van der Waals surface area contributed by atoms with Crippen molar-refractivity contribution >= 4 is 11.8 Å². The van der Waals surface area contributed by atoms with E-state index >= 15 is 0 Å². The Hall–Kier alpha value is -2.36. The van der Waals surface area contributed by atoms with Crippen LogP contribution in [0.4, 0.5) is 13.2 Å². The number of carbonyl (C=O) groups excluding carboxylic acids is 2. The molecule has 0 aromatic carbocycles. The molecule has 1 aromatic heterocycles. The normalized spacial score (nSPS) is 19.7. The summed E-state index contributed by atoms with van der Waals surface area (Å²) in [6.45, 7) is 1.15. The third kappa shape index (κ3) is 4.49. The van der Waals surface area contributed by atoms with Crippen LogP contribution in [-0.2, 0) is 9.53 Å². The van der Waals surface area contributed by atoms with Gasteiger partial charge < -0.3 is 20.5 Å². The highest BCUT2D eigenvalue weighted by Crippen LogP contribution is 2.44. The molecule has 7 nitrogen and oxygen atoms in total. The molecule has 0 radical (unpaired) electrons. The number of amides is 2. The van der Waals surface area contributed by atoms with Crippen molar-refractivity contribution in [2.45, 2.75) is 49.9 Å². The smallest absolute Gasteiger partial charge is 0.425 e. The summed E-state index contributed by atoms with van der Waals surface area (Å²) in [7, 11) is 0. The first-order valence-electron chi connectivity index (χ1n) is 8.51. The Morgan fingerprint density at radius 1 is 1.44 bits per heavy atom. The molecule has 2 heterocycles. The Morgan fingerprint density at radius 2 is 2.11 bits per heavy atom. The van der Waals surface area contributed by atoms with E-state index in [1.165, 1.54) is 12.3 Å². The Bertz CT molecular complexity index is 745. The fourth-order valence-electron chi connectivity index (χ4n) is 2.84. The zero-order chi connectivity index (χ0) is 19.8. The van der Waals surface area contributed by atoms with Gasteiger partial charge in [-0.15, -0.1) is 0 Å². The predicted octanol–water partition coefficient (Wildman–Crippen LogP) is 1.66. The summed E-state index contributed by atoms with van der Waals surface area (Å²) in [4.78, 5) is 27.8. The van der Waals surface area contributed by atoms with Crippen molar-refractivity contribution in [2.75, 3.05) is 13.2 Å². The fraction of sp³-hybridized carbons (Fsp3) is 0.588. The van der Waals surface area contributed by atoms with Gasteiger partial charge in [-0.05, 0) is 25.7 Å². The van der Waals surface area contributed by atoms with Gasteiger partial charge in [0.25, 0.3) is 5.91 Å². The molecule has 27 heavy (non-hydrogen) atoms. The van der Waals surface area contributed by atoms with Crippen LogP contribution in [0.2, 0.25) is 0 Å². The molecule has 3 N–H and O–H groups in total. The second-order valence-electron chi connectivity index (χ2n) is 7.05. The van der Waals surface area contributed by atoms with Crippen LogP contribution in [0.1, 0.15) is 48.2 Å². The lowest BCUT2D eigenvalue weighted by atomic mass is 9.92. The zero-order valence-corrected chi connectivity index (χ0v) is 14.6. The molecule has 1 aliphatic carbocycles. The number of rotatable bonds is 7. The van der Waals surface area contributed by atoms with Gasteiger partial charge in [-0.2, -0.15) is 13.2 Å². The highest BCUT2D eigenvalue weighted by molar-refractivity contribution is 5.94. The molecule has 0 unspecified atom stereocenters. The molecule has 2 fully saturated rings. The van der Waals surface area contributed by atoms with Gasteiger partial charge in [-0.3, -0.25) is 14.6 Å². The molecule has 0 spiro atoms. The number of alkyl halides is 3. The van der Waals surface area contributed by atoms with Crippen molar-refractivity contribution < 1.29 is 32.2 Å². The third-order valence-electron chi connectivity index (χ3n) is 4.56. The molecule has 2 aliphatic rings. The first kappa shape index (κ1) is 19.4. The molecule has 1 aliphatic heterocycles. The van der Waals surface area contributed by atoms with Gasteiger partial charge in [0.1, 0.15) is 11.4 Å². The lowest BCUT2D eigenvalue weighted by Crippen LogP contribution is -2.63. The van der Waals surface area contributed by atoms with Gasteiger partial charge in [0.15, 0.2) is 6.10 Å². The number of pyridine rings is 1. The van der Waals surface area contributed by atoms with Crippen LogP contribution >= 0.6 is 0 Å². The maximum atomic E-state index is 12.9. The lowest BCUT2D eigenvalue weighted by Gasteiger charge is -2.41. The largest absolute Gasteiger partial charge is 0.481 e. The summed E-state index contributed by atoms with van der Waals surface area (Å²) < 4.78 is 48.7. The quantitative estimate of drug-likeness (QED) is 0.741. The van der Waals surface area contributed by atoms with Crippen molar-refractivity contribution in [3.8, 4) is 5.75 Å². The summed E-state index contributed by atoms with van der Waals surface area (Å²) >= 11 is 0. The topological polar surface area (TPSA) is 104 Å². The SMILES string of the molecule is C[C@@H](Oc1cc(C(=O)NC2(CC(N)=O)COC2)ncc1C1CC1)C(F)(F)F. The fourth-order valence-corrected chi connectivity index (χ4v) is 2.84. The minimum atomic E-state index is -4.53. The van der Waals surface area contributed by atoms with E-state index < -0.39 is 29.6 Å². The summed E-state index contributed by atoms with van der Waals surface area (Å²) in [5.74, 6) is -1.15. The number of hydrogen-bond acceptors (Lipinski definition) is 5. The maximum absolute atomic E-state index is 12.9. The van der Waals surface area contributed by atoms with Gasteiger partial charge >= 0.3 is 6.18 Å². The highest BCUT2D eigenvalue weighted by Gasteiger charge is 2.42. The first-order valence-corrected chi connectivity index (χ1v) is 8.51. The van der Waals surface area contributed by atoms with E-state index in [1.807, 2.05) is 0 Å². The van der Waals surface area contributed by atoms with Crippen molar-refractivity contribution in [1.29, 1.82) is 0 Å². The van der Waals surface area contributed by atoms with Crippen molar-refractivity contribution in [1.82, 2.24) is 10.3 Å². The van der Waals surface area contributed by atoms with E-state index in [4.69, 9.17) is 15.2 Å². The van der Waals surface area contributed by atoms with Crippen LogP contribution in [-0.4, -0.2) is 47.8 Å². The highest BCUT2D eigenvalue weighted by atomic mass is 19.4. The van der Waals surface area contributed by atoms with E-state index in [2.05, 4.69) is 10.3 Å². The summed E-state index contributed by atoms with van der Waals surface area (Å²) in [6, 6.07) is 1.21. The molecular formula is C17H20F3N3O4. The Balaban J connectivity index is 1.80. The molecular weight excluding hydrogens is 367 g/mol. The van der Waals surface area contributed by atoms with Gasteiger partial charge in [0.05, 0.1) is 25.2 Å². The number of ether oxygens (including phenoxy) is 2. The van der Waals surface area contributed by atoms with Crippen molar-refractivity contribution in [2.24, 2.45) is 5.73 Å². The predicted molar refractivity (Wildman–Crippen MR) is 87.2 cm³/mol. The second-order valence-corrected chi connectivity index (χ2v) is 7.05. The van der Waals surface area contributed by atoms with E-state index in [9.17, 15) is 22.8 Å². The summed E-state index contributed by atoms with van der Waals surface area (Å²) in [5, 5.41) is 2.65. The Morgan fingerprint density at radius 3 is 2.59 bits per heavy atom. The van der Waals surface area contributed by atoms with E-state index in [1.54, 1.807) is 0 Å². The van der Waals surface area contributed by atoms with Gasteiger partial charge in [-0.1, -0.05) is 0 Å². The number of carbonyl (C=O) groups is 2. The van der Waals surface area contributed by atoms with Crippen LogP contribution in [0.3, 0.4) is 0 Å². The molecule has 2 amide bonds. The average molecular weight is 387 g/mol. The molecule has 0 bridgehead atoms. The molecule has 10 heteroatoms. The van der Waals surface area contributed by atoms with E-state index in [-0.39, 0.29) is 37.0 Å². The van der Waals surface area contributed by atoms with Crippen LogP contribution < -0.4 is 15.8 Å². The number of primary amides is 1. The third-order valence-corrected chi connectivity index (χ3v) is 4.56. The maximum Gasteiger partial charge on any atom is 0.425 e. The number of aromatic nitrogens is 1. The molecule has 1 saturated heterocycles. The minimum Gasteiger partial charge on any atom is -0.481 e. The molecule has 1 aromatic rings. The van der Waals surface area contributed by atoms with E-state index in [0.29, 0.717) is 5.56 Å². The van der Waals surface area contributed by atoms with Gasteiger partial charge in [-0.25, -0.2) is 0 Å². The number of hydrogen-bond donors (Lipinski definition) is 2. The summed E-state index contributed by atoms with van der Waals surface area (Å²) in [6.07, 6.45) is -3.60. The number of nitrogens with zero attached hydrogens (tertiary/aromatic N) is 1. The van der Waals surface area contributed by atoms with Crippen LogP contribution in [0, 0.1) is 0 Å². The van der Waals surface area contributed by atoms with E-state index in [0.717, 1.165) is 19.8 Å². The Kier molecular flexibility index (Phi) is 5.02. The first-order chi connectivity index (χ1) is 12.6. The zero-order valence-electron chi connectivity index (χ0n) is 14.6. The van der Waals surface area contributed by atoms with Gasteiger partial charge in [0.2, 0.25) is 5.91 Å². The summed E-state index contributed by atoms with van der Waals surface area (Å²) in [5.41, 5.74) is 4.74. The monoisotopic (exact) mass is 387 g/mol. The average Bonchev–Trinajstić information content (AvgIpc) is 3.36.